The number of nitrogens with one attached hydrogen (secondary N) is 1. The molecule has 162 valence electrons. The highest BCUT2D eigenvalue weighted by Crippen LogP contribution is 2.31. The third-order valence-corrected chi connectivity index (χ3v) is 7.27. The molecule has 1 fully saturated rings. The molecule has 31 heavy (non-hydrogen) atoms. The lowest BCUT2D eigenvalue weighted by Gasteiger charge is -2.32. The van der Waals surface area contributed by atoms with Crippen LogP contribution >= 0.6 is 0 Å². The lowest BCUT2D eigenvalue weighted by atomic mass is 9.98. The maximum atomic E-state index is 12.1. The SMILES string of the molecule is CCS(=O)(=O)N1CCC(Nc2cc(C(/C=C/C#N)=C/C=C/N)cc3ccncc23)CC1. The Kier molecular flexibility index (Phi) is 7.45. The van der Waals surface area contributed by atoms with Gasteiger partial charge in [0.2, 0.25) is 10.0 Å². The van der Waals surface area contributed by atoms with E-state index < -0.39 is 10.0 Å². The molecule has 0 spiro atoms. The Morgan fingerprint density at radius 2 is 2.16 bits per heavy atom. The van der Waals surface area contributed by atoms with Gasteiger partial charge >= 0.3 is 0 Å². The fourth-order valence-electron chi connectivity index (χ4n) is 3.70. The normalized spacial score (nSPS) is 16.8. The molecule has 0 radical (unpaired) electrons. The van der Waals surface area contributed by atoms with Gasteiger partial charge in [-0.3, -0.25) is 4.98 Å². The molecule has 1 aliphatic heterocycles. The van der Waals surface area contributed by atoms with Gasteiger partial charge in [-0.15, -0.1) is 0 Å². The molecular formula is C23H27N5O2S. The molecule has 3 N–H and O–H groups in total. The summed E-state index contributed by atoms with van der Waals surface area (Å²) in [5.74, 6) is 0.131. The van der Waals surface area contributed by atoms with Gasteiger partial charge in [-0.05, 0) is 72.8 Å². The van der Waals surface area contributed by atoms with Crippen LogP contribution < -0.4 is 11.1 Å². The number of fused-ring (bicyclic) bond motifs is 1. The first-order chi connectivity index (χ1) is 15.0. The Hall–Kier alpha value is -3.15. The number of nitrogens with two attached hydrogens (primary N) is 1. The van der Waals surface area contributed by atoms with Crippen LogP contribution in [0.2, 0.25) is 0 Å². The second-order valence-corrected chi connectivity index (χ2v) is 9.57. The van der Waals surface area contributed by atoms with Crippen LogP contribution in [0.3, 0.4) is 0 Å². The maximum Gasteiger partial charge on any atom is 0.213 e. The second kappa shape index (κ2) is 10.2. The molecule has 2 aromatic rings. The fraction of sp³-hybridized carbons (Fsp3) is 0.304. The zero-order valence-corrected chi connectivity index (χ0v) is 18.3. The van der Waals surface area contributed by atoms with Gasteiger partial charge in [-0.2, -0.15) is 5.26 Å². The van der Waals surface area contributed by atoms with Crippen molar-refractivity contribution in [3.05, 3.63) is 66.7 Å². The van der Waals surface area contributed by atoms with Crippen molar-refractivity contribution in [3.63, 3.8) is 0 Å². The summed E-state index contributed by atoms with van der Waals surface area (Å²) in [5, 5.41) is 14.6. The van der Waals surface area contributed by atoms with Crippen molar-refractivity contribution in [2.24, 2.45) is 5.73 Å². The molecule has 0 saturated carbocycles. The van der Waals surface area contributed by atoms with E-state index in [0.717, 1.165) is 40.4 Å². The van der Waals surface area contributed by atoms with Gasteiger partial charge < -0.3 is 11.1 Å². The zero-order chi connectivity index (χ0) is 22.3. The molecule has 3 rings (SSSR count). The average molecular weight is 438 g/mol. The third-order valence-electron chi connectivity index (χ3n) is 5.39. The van der Waals surface area contributed by atoms with E-state index in [0.29, 0.717) is 13.1 Å². The van der Waals surface area contributed by atoms with Crippen LogP contribution in [0.5, 0.6) is 0 Å². The summed E-state index contributed by atoms with van der Waals surface area (Å²) in [6, 6.07) is 8.23. The van der Waals surface area contributed by atoms with Gasteiger partial charge in [0, 0.05) is 48.7 Å². The number of nitriles is 1. The first kappa shape index (κ1) is 22.5. The molecule has 0 unspecified atom stereocenters. The van der Waals surface area contributed by atoms with Crippen molar-refractivity contribution >= 4 is 32.1 Å². The predicted molar refractivity (Wildman–Crippen MR) is 125 cm³/mol. The first-order valence-corrected chi connectivity index (χ1v) is 11.9. The van der Waals surface area contributed by atoms with Crippen molar-refractivity contribution < 1.29 is 8.42 Å². The molecule has 1 saturated heterocycles. The Bertz CT molecular complexity index is 1150. The number of aromatic nitrogens is 1. The summed E-state index contributed by atoms with van der Waals surface area (Å²) in [6.45, 7) is 2.71. The molecule has 0 atom stereocenters. The number of hydrogen-bond donors (Lipinski definition) is 2. The Morgan fingerprint density at radius 1 is 1.39 bits per heavy atom. The standard InChI is InChI=1S/C23H27N5O2S/c1-2-31(29,30)28-13-8-21(9-14-28)27-23-16-20(15-19-7-12-26-17-22(19)23)18(5-3-10-24)6-4-11-25/h3-7,10,12,15-17,21,27H,2,8-9,13-14,24H2,1H3/b6-4+,10-3+,18-5+. The van der Waals surface area contributed by atoms with E-state index in [1.54, 1.807) is 29.6 Å². The van der Waals surface area contributed by atoms with E-state index in [2.05, 4.69) is 16.4 Å². The van der Waals surface area contributed by atoms with Crippen LogP contribution in [0.25, 0.3) is 16.3 Å². The van der Waals surface area contributed by atoms with E-state index >= 15 is 0 Å². The van der Waals surface area contributed by atoms with Crippen LogP contribution in [-0.4, -0.2) is 42.6 Å². The third kappa shape index (κ3) is 5.51. The van der Waals surface area contributed by atoms with Crippen molar-refractivity contribution in [1.29, 1.82) is 5.26 Å². The summed E-state index contributed by atoms with van der Waals surface area (Å²) >= 11 is 0. The molecule has 1 aromatic carbocycles. The van der Waals surface area contributed by atoms with Gasteiger partial charge in [0.05, 0.1) is 11.8 Å². The first-order valence-electron chi connectivity index (χ1n) is 10.3. The minimum Gasteiger partial charge on any atom is -0.405 e. The lowest BCUT2D eigenvalue weighted by Crippen LogP contribution is -2.42. The van der Waals surface area contributed by atoms with Gasteiger partial charge in [-0.1, -0.05) is 6.08 Å². The minimum atomic E-state index is -3.15. The Morgan fingerprint density at radius 3 is 2.84 bits per heavy atom. The second-order valence-electron chi connectivity index (χ2n) is 7.31. The topological polar surface area (TPSA) is 112 Å². The average Bonchev–Trinajstić information content (AvgIpc) is 2.79. The van der Waals surface area contributed by atoms with Crippen LogP contribution in [-0.2, 0) is 10.0 Å². The number of benzene rings is 1. The molecule has 0 bridgehead atoms. The van der Waals surface area contributed by atoms with Crippen molar-refractivity contribution in [3.8, 4) is 6.07 Å². The quantitative estimate of drug-likeness (QED) is 0.507. The molecule has 0 amide bonds. The maximum absolute atomic E-state index is 12.1. The zero-order valence-electron chi connectivity index (χ0n) is 17.5. The molecule has 2 heterocycles. The van der Waals surface area contributed by atoms with Crippen molar-refractivity contribution in [1.82, 2.24) is 9.29 Å². The lowest BCUT2D eigenvalue weighted by molar-refractivity contribution is 0.330. The molecule has 7 nitrogen and oxygen atoms in total. The largest absolute Gasteiger partial charge is 0.405 e. The van der Waals surface area contributed by atoms with Gasteiger partial charge in [0.15, 0.2) is 0 Å². The number of pyridine rings is 1. The fourth-order valence-corrected chi connectivity index (χ4v) is 4.83. The van der Waals surface area contributed by atoms with Crippen molar-refractivity contribution in [2.45, 2.75) is 25.8 Å². The summed E-state index contributed by atoms with van der Waals surface area (Å²) in [6.07, 6.45) is 13.3. The molecule has 1 aromatic heterocycles. The van der Waals surface area contributed by atoms with Gasteiger partial charge in [0.1, 0.15) is 0 Å². The summed E-state index contributed by atoms with van der Waals surface area (Å²) in [4.78, 5) is 4.27. The summed E-state index contributed by atoms with van der Waals surface area (Å²) in [7, 11) is -3.15. The van der Waals surface area contributed by atoms with Crippen LogP contribution in [0, 0.1) is 11.3 Å². The Labute approximate surface area is 183 Å². The highest BCUT2D eigenvalue weighted by Gasteiger charge is 2.26. The number of nitrogens with zero attached hydrogens (tertiary/aromatic N) is 3. The smallest absolute Gasteiger partial charge is 0.213 e. The number of anilines is 1. The van der Waals surface area contributed by atoms with Crippen LogP contribution in [0.1, 0.15) is 25.3 Å². The Balaban J connectivity index is 1.92. The monoisotopic (exact) mass is 437 g/mol. The number of piperidine rings is 1. The molecule has 1 aliphatic rings. The van der Waals surface area contributed by atoms with E-state index in [9.17, 15) is 8.42 Å². The van der Waals surface area contributed by atoms with E-state index in [4.69, 9.17) is 11.0 Å². The van der Waals surface area contributed by atoms with E-state index in [-0.39, 0.29) is 11.8 Å². The van der Waals surface area contributed by atoms with Crippen LogP contribution in [0.4, 0.5) is 5.69 Å². The summed E-state index contributed by atoms with van der Waals surface area (Å²) < 4.78 is 25.8. The molecular weight excluding hydrogens is 410 g/mol. The van der Waals surface area contributed by atoms with E-state index in [1.807, 2.05) is 30.5 Å². The van der Waals surface area contributed by atoms with Crippen LogP contribution in [0.15, 0.2) is 61.1 Å². The molecule has 8 heteroatoms. The van der Waals surface area contributed by atoms with E-state index in [1.165, 1.54) is 12.3 Å². The number of allylic oxidation sites excluding steroid dienone is 5. The highest BCUT2D eigenvalue weighted by molar-refractivity contribution is 7.89. The summed E-state index contributed by atoms with van der Waals surface area (Å²) in [5.41, 5.74) is 8.23. The number of hydrogen-bond acceptors (Lipinski definition) is 6. The number of sulfonamides is 1. The van der Waals surface area contributed by atoms with Crippen molar-refractivity contribution in [2.75, 3.05) is 24.2 Å². The molecule has 0 aliphatic carbocycles. The highest BCUT2D eigenvalue weighted by atomic mass is 32.2. The minimum absolute atomic E-state index is 0.131. The van der Waals surface area contributed by atoms with Gasteiger partial charge in [-0.25, -0.2) is 12.7 Å². The van der Waals surface area contributed by atoms with Gasteiger partial charge in [0.25, 0.3) is 0 Å². The predicted octanol–water partition coefficient (Wildman–Crippen LogP) is 3.40. The number of rotatable bonds is 7.